The Morgan fingerprint density at radius 1 is 1.40 bits per heavy atom. The van der Waals surface area contributed by atoms with Gasteiger partial charge in [-0.1, -0.05) is 12.2 Å². The van der Waals surface area contributed by atoms with E-state index in [1.165, 1.54) is 6.21 Å². The van der Waals surface area contributed by atoms with Crippen LogP contribution in [0.2, 0.25) is 0 Å². The van der Waals surface area contributed by atoms with E-state index in [-0.39, 0.29) is 0 Å². The molecule has 0 saturated heterocycles. The summed E-state index contributed by atoms with van der Waals surface area (Å²) in [4.78, 5) is 14.1. The third kappa shape index (κ3) is 1.39. The summed E-state index contributed by atoms with van der Waals surface area (Å²) >= 11 is 0. The van der Waals surface area contributed by atoms with E-state index in [0.29, 0.717) is 6.29 Å². The van der Waals surface area contributed by atoms with Crippen molar-refractivity contribution in [2.75, 3.05) is 0 Å². The molecule has 1 atom stereocenters. The molecule has 0 bridgehead atoms. The smallest absolute Gasteiger partial charge is 0.183 e. The van der Waals surface area contributed by atoms with Gasteiger partial charge in [0.1, 0.15) is 0 Å². The summed E-state index contributed by atoms with van der Waals surface area (Å²) in [5, 5.41) is 0. The van der Waals surface area contributed by atoms with Crippen molar-refractivity contribution in [3.63, 3.8) is 0 Å². The van der Waals surface area contributed by atoms with Gasteiger partial charge in [0, 0.05) is 6.21 Å². The zero-order valence-electron chi connectivity index (χ0n) is 5.40. The van der Waals surface area contributed by atoms with E-state index in [9.17, 15) is 4.79 Å². The number of carbonyl (C=O) groups excluding carboxylic acids is 1. The molecular weight excluding hydrogens is 128 g/mol. The van der Waals surface area contributed by atoms with Crippen molar-refractivity contribution in [1.29, 1.82) is 0 Å². The molecule has 0 aromatic rings. The molecule has 3 heteroatoms. The molecule has 0 radical (unpaired) electrons. The molecule has 1 aliphatic rings. The highest BCUT2D eigenvalue weighted by atomic mass is 16.1. The molecule has 0 saturated carbocycles. The van der Waals surface area contributed by atoms with Gasteiger partial charge in [0.15, 0.2) is 11.9 Å². The molecule has 1 aliphatic heterocycles. The summed E-state index contributed by atoms with van der Waals surface area (Å²) in [6.07, 6.45) is 8.83. The largest absolute Gasteiger partial charge is 0.299 e. The Kier molecular flexibility index (Phi) is 1.78. The van der Waals surface area contributed by atoms with Crippen LogP contribution in [0.5, 0.6) is 0 Å². The van der Waals surface area contributed by atoms with Crippen molar-refractivity contribution in [2.45, 2.75) is 5.66 Å². The Labute approximate surface area is 58.9 Å². The van der Waals surface area contributed by atoms with Gasteiger partial charge in [0.25, 0.3) is 0 Å². The molecule has 0 aromatic heterocycles. The van der Waals surface area contributed by atoms with E-state index in [1.54, 1.807) is 24.3 Å². The van der Waals surface area contributed by atoms with Crippen LogP contribution in [0.1, 0.15) is 0 Å². The van der Waals surface area contributed by atoms with Crippen LogP contribution < -0.4 is 5.73 Å². The minimum absolute atomic E-state index is 0.604. The first-order valence-corrected chi connectivity index (χ1v) is 2.92. The van der Waals surface area contributed by atoms with E-state index in [4.69, 9.17) is 5.73 Å². The fraction of sp³-hybridized carbons (Fsp3) is 0.143. The molecule has 52 valence electrons. The van der Waals surface area contributed by atoms with Crippen LogP contribution in [0, 0.1) is 0 Å². The first-order valence-electron chi connectivity index (χ1n) is 2.92. The molecule has 0 amide bonds. The second-order valence-corrected chi connectivity index (χ2v) is 2.03. The summed E-state index contributed by atoms with van der Waals surface area (Å²) in [6, 6.07) is 0. The number of nitrogens with zero attached hydrogens (tertiary/aromatic N) is 1. The molecule has 3 nitrogen and oxygen atoms in total. The number of hydrogen-bond donors (Lipinski definition) is 1. The Morgan fingerprint density at radius 2 is 2.20 bits per heavy atom. The summed E-state index contributed by atoms with van der Waals surface area (Å²) in [5.74, 6) is 0. The Balaban J connectivity index is 2.90. The van der Waals surface area contributed by atoms with E-state index >= 15 is 0 Å². The molecule has 1 heterocycles. The number of hydrogen-bond acceptors (Lipinski definition) is 3. The highest BCUT2D eigenvalue weighted by Crippen LogP contribution is 2.02. The number of aliphatic imine (C=N–C) groups is 1. The van der Waals surface area contributed by atoms with Crippen LogP contribution in [0.25, 0.3) is 0 Å². The maximum atomic E-state index is 10.3. The van der Waals surface area contributed by atoms with Crippen LogP contribution in [-0.2, 0) is 4.79 Å². The predicted octanol–water partition coefficient (Wildman–Crippen LogP) is 0.0371. The van der Waals surface area contributed by atoms with Crippen molar-refractivity contribution in [3.8, 4) is 0 Å². The van der Waals surface area contributed by atoms with E-state index in [2.05, 4.69) is 4.99 Å². The van der Waals surface area contributed by atoms with E-state index in [0.717, 1.165) is 0 Å². The summed E-state index contributed by atoms with van der Waals surface area (Å²) in [7, 11) is 0. The molecule has 0 fully saturated rings. The van der Waals surface area contributed by atoms with Crippen LogP contribution in [0.4, 0.5) is 0 Å². The zero-order chi connectivity index (χ0) is 7.45. The second kappa shape index (κ2) is 2.58. The quantitative estimate of drug-likeness (QED) is 0.517. The molecule has 0 aliphatic carbocycles. The SMILES string of the molecule is NC1(C=O)C=CC=CC=N1. The van der Waals surface area contributed by atoms with Crippen LogP contribution in [0.15, 0.2) is 29.3 Å². The average Bonchev–Trinajstić information content (AvgIpc) is 2.15. The molecule has 10 heavy (non-hydrogen) atoms. The maximum absolute atomic E-state index is 10.3. The monoisotopic (exact) mass is 136 g/mol. The standard InChI is InChI=1S/C7H8N2O/c8-7(6-10)4-2-1-3-5-9-7/h1-6H,8H2. The van der Waals surface area contributed by atoms with Crippen LogP contribution in [-0.4, -0.2) is 18.2 Å². The van der Waals surface area contributed by atoms with Gasteiger partial charge in [-0.25, -0.2) is 0 Å². The van der Waals surface area contributed by atoms with Gasteiger partial charge in [-0.3, -0.25) is 15.5 Å². The van der Waals surface area contributed by atoms with Gasteiger partial charge in [0.2, 0.25) is 0 Å². The molecular formula is C7H8N2O. The number of rotatable bonds is 1. The number of carbonyl (C=O) groups is 1. The van der Waals surface area contributed by atoms with Gasteiger partial charge in [-0.15, -0.1) is 0 Å². The number of aldehydes is 1. The van der Waals surface area contributed by atoms with Gasteiger partial charge in [0.05, 0.1) is 0 Å². The zero-order valence-corrected chi connectivity index (χ0v) is 5.40. The Hall–Kier alpha value is -1.22. The van der Waals surface area contributed by atoms with Crippen LogP contribution >= 0.6 is 0 Å². The Bertz CT molecular complexity index is 200. The minimum Gasteiger partial charge on any atom is -0.299 e. The lowest BCUT2D eigenvalue weighted by Crippen LogP contribution is -2.36. The van der Waals surface area contributed by atoms with E-state index < -0.39 is 5.66 Å². The van der Waals surface area contributed by atoms with Crippen molar-refractivity contribution in [1.82, 2.24) is 0 Å². The molecule has 0 aromatic carbocycles. The van der Waals surface area contributed by atoms with E-state index in [1.807, 2.05) is 0 Å². The van der Waals surface area contributed by atoms with Crippen molar-refractivity contribution < 1.29 is 4.79 Å². The lowest BCUT2D eigenvalue weighted by molar-refractivity contribution is -0.110. The molecule has 1 rings (SSSR count). The van der Waals surface area contributed by atoms with Crippen molar-refractivity contribution >= 4 is 12.5 Å². The first kappa shape index (κ1) is 6.89. The summed E-state index contributed by atoms with van der Waals surface area (Å²) in [5.41, 5.74) is 4.32. The van der Waals surface area contributed by atoms with Gasteiger partial charge in [-0.2, -0.15) is 0 Å². The summed E-state index contributed by atoms with van der Waals surface area (Å²) < 4.78 is 0. The lowest BCUT2D eigenvalue weighted by Gasteiger charge is -2.09. The van der Waals surface area contributed by atoms with Gasteiger partial charge in [-0.05, 0) is 12.2 Å². The third-order valence-electron chi connectivity index (χ3n) is 1.16. The Morgan fingerprint density at radius 3 is 2.90 bits per heavy atom. The molecule has 0 spiro atoms. The normalized spacial score (nSPS) is 30.1. The fourth-order valence-electron chi connectivity index (χ4n) is 0.608. The second-order valence-electron chi connectivity index (χ2n) is 2.03. The first-order chi connectivity index (χ1) is 4.77. The van der Waals surface area contributed by atoms with Crippen LogP contribution in [0.3, 0.4) is 0 Å². The molecule has 2 N–H and O–H groups in total. The predicted molar refractivity (Wildman–Crippen MR) is 39.8 cm³/mol. The maximum Gasteiger partial charge on any atom is 0.183 e. The number of nitrogens with two attached hydrogens (primary N) is 1. The third-order valence-corrected chi connectivity index (χ3v) is 1.16. The topological polar surface area (TPSA) is 55.5 Å². The number of allylic oxidation sites excluding steroid dienone is 3. The van der Waals surface area contributed by atoms with Crippen molar-refractivity contribution in [2.24, 2.45) is 10.7 Å². The fourth-order valence-corrected chi connectivity index (χ4v) is 0.608. The summed E-state index contributed by atoms with van der Waals surface area (Å²) in [6.45, 7) is 0. The minimum atomic E-state index is -1.15. The van der Waals surface area contributed by atoms with Gasteiger partial charge >= 0.3 is 0 Å². The van der Waals surface area contributed by atoms with Gasteiger partial charge < -0.3 is 0 Å². The molecule has 1 unspecified atom stereocenters. The lowest BCUT2D eigenvalue weighted by atomic mass is 10.2. The average molecular weight is 136 g/mol. The highest BCUT2D eigenvalue weighted by molar-refractivity contribution is 5.78. The highest BCUT2D eigenvalue weighted by Gasteiger charge is 2.16. The van der Waals surface area contributed by atoms with Crippen molar-refractivity contribution in [3.05, 3.63) is 24.3 Å².